The van der Waals surface area contributed by atoms with Crippen LogP contribution in [0.3, 0.4) is 0 Å². The van der Waals surface area contributed by atoms with E-state index >= 15 is 0 Å². The first kappa shape index (κ1) is 10.5. The van der Waals surface area contributed by atoms with E-state index in [1.807, 2.05) is 0 Å². The van der Waals surface area contributed by atoms with E-state index in [2.05, 4.69) is 20.4 Å². The third-order valence-electron chi connectivity index (χ3n) is 2.71. The van der Waals surface area contributed by atoms with Gasteiger partial charge in [-0.05, 0) is 12.1 Å². The molecule has 1 aromatic carbocycles. The molecule has 0 bridgehead atoms. The quantitative estimate of drug-likeness (QED) is 0.645. The van der Waals surface area contributed by atoms with Crippen LogP contribution >= 0.6 is 0 Å². The number of benzene rings is 1. The highest BCUT2D eigenvalue weighted by atomic mass is 19.1. The third-order valence-corrected chi connectivity index (χ3v) is 2.71. The van der Waals surface area contributed by atoms with Crippen molar-refractivity contribution < 1.29 is 4.39 Å². The lowest BCUT2D eigenvalue weighted by Gasteiger charge is -2.04. The minimum Gasteiger partial charge on any atom is -0.382 e. The first-order valence-corrected chi connectivity index (χ1v) is 5.36. The van der Waals surface area contributed by atoms with Gasteiger partial charge in [-0.1, -0.05) is 18.2 Å². The second kappa shape index (κ2) is 3.99. The largest absolute Gasteiger partial charge is 0.382 e. The van der Waals surface area contributed by atoms with Gasteiger partial charge in [-0.2, -0.15) is 10.2 Å². The normalized spacial score (nSPS) is 10.7. The number of aromatic amines is 2. The maximum absolute atomic E-state index is 13.8. The van der Waals surface area contributed by atoms with Crippen LogP contribution in [0.4, 0.5) is 10.2 Å². The molecule has 0 atom stereocenters. The number of anilines is 1. The summed E-state index contributed by atoms with van der Waals surface area (Å²) in [6.45, 7) is 0. The molecule has 0 aliphatic rings. The molecule has 90 valence electrons. The van der Waals surface area contributed by atoms with Crippen LogP contribution in [0.5, 0.6) is 0 Å². The number of nitrogen functional groups attached to an aromatic ring is 1. The molecule has 0 aliphatic heterocycles. The van der Waals surface area contributed by atoms with Gasteiger partial charge in [-0.15, -0.1) is 0 Å². The summed E-state index contributed by atoms with van der Waals surface area (Å²) in [7, 11) is 0. The van der Waals surface area contributed by atoms with Crippen LogP contribution in [-0.4, -0.2) is 20.4 Å². The van der Waals surface area contributed by atoms with E-state index in [9.17, 15) is 4.39 Å². The number of nitrogens with one attached hydrogen (secondary N) is 2. The van der Waals surface area contributed by atoms with Crippen LogP contribution in [0.2, 0.25) is 0 Å². The number of hydrogen-bond acceptors (Lipinski definition) is 3. The van der Waals surface area contributed by atoms with Crippen LogP contribution in [-0.2, 0) is 0 Å². The summed E-state index contributed by atoms with van der Waals surface area (Å²) >= 11 is 0. The molecular formula is C12H10FN5. The van der Waals surface area contributed by atoms with E-state index in [0.717, 1.165) is 0 Å². The van der Waals surface area contributed by atoms with Gasteiger partial charge in [-0.3, -0.25) is 10.2 Å². The van der Waals surface area contributed by atoms with Crippen molar-refractivity contribution in [1.82, 2.24) is 20.4 Å². The zero-order valence-corrected chi connectivity index (χ0v) is 9.31. The minimum absolute atomic E-state index is 0.254. The van der Waals surface area contributed by atoms with E-state index < -0.39 is 0 Å². The molecule has 18 heavy (non-hydrogen) atoms. The van der Waals surface area contributed by atoms with Crippen molar-refractivity contribution in [3.63, 3.8) is 0 Å². The Labute approximate surface area is 102 Å². The fourth-order valence-corrected chi connectivity index (χ4v) is 1.88. The number of H-pyrrole nitrogens is 2. The first-order chi connectivity index (χ1) is 8.77. The Morgan fingerprint density at radius 2 is 1.94 bits per heavy atom. The number of hydrogen-bond donors (Lipinski definition) is 3. The lowest BCUT2D eigenvalue weighted by Crippen LogP contribution is -1.91. The molecule has 4 N–H and O–H groups in total. The molecule has 3 rings (SSSR count). The van der Waals surface area contributed by atoms with Gasteiger partial charge in [0.2, 0.25) is 0 Å². The number of nitrogens with zero attached hydrogens (tertiary/aromatic N) is 2. The number of halogens is 1. The van der Waals surface area contributed by atoms with E-state index in [1.54, 1.807) is 30.5 Å². The van der Waals surface area contributed by atoms with Crippen molar-refractivity contribution in [3.8, 4) is 22.5 Å². The highest BCUT2D eigenvalue weighted by Crippen LogP contribution is 2.34. The van der Waals surface area contributed by atoms with E-state index in [-0.39, 0.29) is 11.6 Å². The number of rotatable bonds is 2. The van der Waals surface area contributed by atoms with Crippen LogP contribution < -0.4 is 5.73 Å². The van der Waals surface area contributed by atoms with Crippen LogP contribution in [0.1, 0.15) is 0 Å². The predicted molar refractivity (Wildman–Crippen MR) is 66.0 cm³/mol. The Hall–Kier alpha value is -2.63. The van der Waals surface area contributed by atoms with Crippen molar-refractivity contribution >= 4 is 5.82 Å². The predicted octanol–water partition coefficient (Wildman–Crippen LogP) is 2.19. The molecule has 0 spiro atoms. The van der Waals surface area contributed by atoms with Gasteiger partial charge in [0.1, 0.15) is 5.82 Å². The Bertz CT molecular complexity index is 672. The number of aromatic nitrogens is 4. The van der Waals surface area contributed by atoms with Gasteiger partial charge in [0.25, 0.3) is 0 Å². The summed E-state index contributed by atoms with van der Waals surface area (Å²) in [4.78, 5) is 0. The van der Waals surface area contributed by atoms with Crippen molar-refractivity contribution in [3.05, 3.63) is 42.3 Å². The molecule has 3 aromatic rings. The lowest BCUT2D eigenvalue weighted by molar-refractivity contribution is 0.631. The Balaban J connectivity index is 2.24. The smallest absolute Gasteiger partial charge is 0.153 e. The Morgan fingerprint density at radius 3 is 2.67 bits per heavy atom. The molecule has 0 saturated carbocycles. The molecule has 0 radical (unpaired) electrons. The molecule has 0 saturated heterocycles. The molecule has 0 aliphatic carbocycles. The standard InChI is InChI=1S/C12H10FN5/c13-8-4-2-1-3-7(8)10-11(17-18-12(10)14)9-5-6-15-16-9/h1-6H,(H,15,16)(H3,14,17,18). The molecule has 0 unspecified atom stereocenters. The molecule has 0 amide bonds. The van der Waals surface area contributed by atoms with E-state index in [4.69, 9.17) is 5.73 Å². The van der Waals surface area contributed by atoms with Gasteiger partial charge in [-0.25, -0.2) is 4.39 Å². The fraction of sp³-hybridized carbons (Fsp3) is 0. The minimum atomic E-state index is -0.341. The van der Waals surface area contributed by atoms with Gasteiger partial charge in [0.15, 0.2) is 5.82 Å². The molecule has 0 fully saturated rings. The maximum atomic E-state index is 13.8. The highest BCUT2D eigenvalue weighted by molar-refractivity contribution is 5.86. The summed E-state index contributed by atoms with van der Waals surface area (Å²) in [5, 5.41) is 13.4. The maximum Gasteiger partial charge on any atom is 0.153 e. The summed E-state index contributed by atoms with van der Waals surface area (Å²) in [6, 6.07) is 8.19. The fourth-order valence-electron chi connectivity index (χ4n) is 1.88. The molecule has 6 heteroatoms. The topological polar surface area (TPSA) is 83.4 Å². The van der Waals surface area contributed by atoms with Crippen LogP contribution in [0.25, 0.3) is 22.5 Å². The molecular weight excluding hydrogens is 233 g/mol. The molecule has 2 aromatic heterocycles. The Kier molecular flexibility index (Phi) is 2.33. The second-order valence-corrected chi connectivity index (χ2v) is 3.81. The monoisotopic (exact) mass is 243 g/mol. The van der Waals surface area contributed by atoms with Gasteiger partial charge < -0.3 is 5.73 Å². The van der Waals surface area contributed by atoms with Crippen LogP contribution in [0, 0.1) is 5.82 Å². The van der Waals surface area contributed by atoms with Gasteiger partial charge in [0, 0.05) is 11.8 Å². The second-order valence-electron chi connectivity index (χ2n) is 3.81. The van der Waals surface area contributed by atoms with E-state index in [0.29, 0.717) is 22.5 Å². The van der Waals surface area contributed by atoms with Crippen molar-refractivity contribution in [2.75, 3.05) is 5.73 Å². The van der Waals surface area contributed by atoms with Crippen molar-refractivity contribution in [2.45, 2.75) is 0 Å². The summed E-state index contributed by atoms with van der Waals surface area (Å²) in [5.74, 6) is -0.0870. The van der Waals surface area contributed by atoms with Gasteiger partial charge >= 0.3 is 0 Å². The SMILES string of the molecule is Nc1n[nH]c(-c2ccn[nH]2)c1-c1ccccc1F. The summed E-state index contributed by atoms with van der Waals surface area (Å²) < 4.78 is 13.8. The van der Waals surface area contributed by atoms with Crippen molar-refractivity contribution in [2.24, 2.45) is 0 Å². The lowest BCUT2D eigenvalue weighted by atomic mass is 10.0. The summed E-state index contributed by atoms with van der Waals surface area (Å²) in [5.41, 5.74) is 8.08. The van der Waals surface area contributed by atoms with E-state index in [1.165, 1.54) is 6.07 Å². The zero-order chi connectivity index (χ0) is 12.5. The average molecular weight is 243 g/mol. The third kappa shape index (κ3) is 1.55. The number of nitrogens with two attached hydrogens (primary N) is 1. The first-order valence-electron chi connectivity index (χ1n) is 5.36. The van der Waals surface area contributed by atoms with Crippen molar-refractivity contribution in [1.29, 1.82) is 0 Å². The average Bonchev–Trinajstić information content (AvgIpc) is 2.99. The molecule has 5 nitrogen and oxygen atoms in total. The van der Waals surface area contributed by atoms with Gasteiger partial charge in [0.05, 0.1) is 17.0 Å². The molecule has 2 heterocycles. The van der Waals surface area contributed by atoms with Crippen LogP contribution in [0.15, 0.2) is 36.5 Å². The Morgan fingerprint density at radius 1 is 1.11 bits per heavy atom. The zero-order valence-electron chi connectivity index (χ0n) is 9.31. The summed E-state index contributed by atoms with van der Waals surface area (Å²) in [6.07, 6.45) is 1.61. The highest BCUT2D eigenvalue weighted by Gasteiger charge is 2.18.